The molecule has 4 nitrogen and oxygen atoms in total. The summed E-state index contributed by atoms with van der Waals surface area (Å²) in [5, 5.41) is 3.06. The number of carbonyl (C=O) groups is 1. The van der Waals surface area contributed by atoms with Crippen LogP contribution in [0.2, 0.25) is 0 Å². The summed E-state index contributed by atoms with van der Waals surface area (Å²) in [4.78, 5) is 17.2. The van der Waals surface area contributed by atoms with Gasteiger partial charge in [-0.2, -0.15) is 0 Å². The number of carbonyl (C=O) groups excluding carboxylic acids is 1. The lowest BCUT2D eigenvalue weighted by atomic mass is 9.97. The van der Waals surface area contributed by atoms with Gasteiger partial charge in [-0.05, 0) is 73.7 Å². The molecule has 1 unspecified atom stereocenters. The molecule has 1 saturated heterocycles. The Labute approximate surface area is 202 Å². The number of amides is 1. The predicted octanol–water partition coefficient (Wildman–Crippen LogP) is 5.20. The number of piperidine rings is 1. The van der Waals surface area contributed by atoms with Crippen molar-refractivity contribution in [3.8, 4) is 0 Å². The molecule has 1 N–H and O–H groups in total. The van der Waals surface area contributed by atoms with Crippen molar-refractivity contribution in [1.29, 1.82) is 0 Å². The van der Waals surface area contributed by atoms with Crippen LogP contribution in [-0.2, 0) is 11.2 Å². The van der Waals surface area contributed by atoms with Gasteiger partial charge in [0.15, 0.2) is 0 Å². The molecule has 1 fully saturated rings. The molecule has 4 rings (SSSR count). The normalized spacial score (nSPS) is 14.7. The van der Waals surface area contributed by atoms with Crippen molar-refractivity contribution in [2.45, 2.75) is 31.7 Å². The second-order valence-corrected chi connectivity index (χ2v) is 9.09. The molecule has 0 radical (unpaired) electrons. The highest BCUT2D eigenvalue weighted by atomic mass is 19.1. The third-order valence-corrected chi connectivity index (χ3v) is 6.53. The maximum absolute atomic E-state index is 13.5. The van der Waals surface area contributed by atoms with Crippen LogP contribution in [-0.4, -0.2) is 44.0 Å². The first-order chi connectivity index (χ1) is 16.6. The summed E-state index contributed by atoms with van der Waals surface area (Å²) in [6.07, 6.45) is 4.68. The first-order valence-electron chi connectivity index (χ1n) is 12.2. The Bertz CT molecular complexity index is 1030. The zero-order chi connectivity index (χ0) is 23.8. The number of benzene rings is 3. The minimum absolute atomic E-state index is 0.0181. The Balaban J connectivity index is 1.31. The van der Waals surface area contributed by atoms with Crippen LogP contribution >= 0.6 is 0 Å². The summed E-state index contributed by atoms with van der Waals surface area (Å²) in [5.41, 5.74) is 4.54. The van der Waals surface area contributed by atoms with Gasteiger partial charge in [0.25, 0.3) is 0 Å². The van der Waals surface area contributed by atoms with Crippen LogP contribution in [0.5, 0.6) is 0 Å². The van der Waals surface area contributed by atoms with E-state index >= 15 is 0 Å². The average molecular weight is 460 g/mol. The van der Waals surface area contributed by atoms with E-state index in [-0.39, 0.29) is 24.3 Å². The standard InChI is InChI=1S/C29H34FN3O/c1-32(29(24-8-4-2-5-9-24)25-12-14-26(30)15-13-25)22-28(34)31-19-18-23-10-16-27(17-11-23)33-20-6-3-7-21-33/h2,4-5,8-17,29H,3,6-7,18-22H2,1H3,(H,31,34). The molecule has 0 spiro atoms. The molecule has 3 aromatic rings. The predicted molar refractivity (Wildman–Crippen MR) is 137 cm³/mol. The van der Waals surface area contributed by atoms with E-state index in [0.29, 0.717) is 6.54 Å². The highest BCUT2D eigenvalue weighted by Gasteiger charge is 2.21. The number of likely N-dealkylation sites (N-methyl/N-ethyl adjacent to an activating group) is 1. The van der Waals surface area contributed by atoms with Gasteiger partial charge in [-0.3, -0.25) is 9.69 Å². The maximum Gasteiger partial charge on any atom is 0.234 e. The first kappa shape index (κ1) is 24.0. The Kier molecular flexibility index (Phi) is 8.31. The lowest BCUT2D eigenvalue weighted by Crippen LogP contribution is -2.38. The van der Waals surface area contributed by atoms with Crippen molar-refractivity contribution in [2.75, 3.05) is 38.1 Å². The third kappa shape index (κ3) is 6.45. The monoisotopic (exact) mass is 459 g/mol. The van der Waals surface area contributed by atoms with Crippen molar-refractivity contribution >= 4 is 11.6 Å². The highest BCUT2D eigenvalue weighted by Crippen LogP contribution is 2.27. The van der Waals surface area contributed by atoms with Crippen molar-refractivity contribution in [2.24, 2.45) is 0 Å². The number of hydrogen-bond acceptors (Lipinski definition) is 3. The van der Waals surface area contributed by atoms with E-state index in [9.17, 15) is 9.18 Å². The fraction of sp³-hybridized carbons (Fsp3) is 0.345. The quantitative estimate of drug-likeness (QED) is 0.478. The van der Waals surface area contributed by atoms with E-state index < -0.39 is 0 Å². The largest absolute Gasteiger partial charge is 0.372 e. The molecule has 3 aromatic carbocycles. The zero-order valence-corrected chi connectivity index (χ0v) is 19.9. The molecule has 178 valence electrons. The van der Waals surface area contributed by atoms with Gasteiger partial charge in [-0.25, -0.2) is 4.39 Å². The number of nitrogens with one attached hydrogen (secondary N) is 1. The molecule has 0 bridgehead atoms. The molecule has 1 aliphatic heterocycles. The van der Waals surface area contributed by atoms with Gasteiger partial charge in [0.2, 0.25) is 5.91 Å². The Morgan fingerprint density at radius 1 is 0.912 bits per heavy atom. The topological polar surface area (TPSA) is 35.6 Å². The van der Waals surface area contributed by atoms with Gasteiger partial charge in [0.1, 0.15) is 5.82 Å². The second-order valence-electron chi connectivity index (χ2n) is 9.09. The molecule has 1 aliphatic rings. The van der Waals surface area contributed by atoms with Gasteiger partial charge < -0.3 is 10.2 Å². The number of nitrogens with zero attached hydrogens (tertiary/aromatic N) is 2. The van der Waals surface area contributed by atoms with Crippen LogP contribution in [0.1, 0.15) is 42.0 Å². The summed E-state index contributed by atoms with van der Waals surface area (Å²) in [5.74, 6) is -0.282. The molecule has 0 aliphatic carbocycles. The van der Waals surface area contributed by atoms with Gasteiger partial charge >= 0.3 is 0 Å². The van der Waals surface area contributed by atoms with E-state index in [0.717, 1.165) is 30.6 Å². The molecule has 1 heterocycles. The molecule has 1 amide bonds. The fourth-order valence-electron chi connectivity index (χ4n) is 4.73. The van der Waals surface area contributed by atoms with Crippen molar-refractivity contribution in [1.82, 2.24) is 10.2 Å². The van der Waals surface area contributed by atoms with Gasteiger partial charge in [0.05, 0.1) is 12.6 Å². The fourth-order valence-corrected chi connectivity index (χ4v) is 4.73. The molecule has 0 saturated carbocycles. The third-order valence-electron chi connectivity index (χ3n) is 6.53. The van der Waals surface area contributed by atoms with Crippen LogP contribution in [0.25, 0.3) is 0 Å². The number of rotatable bonds is 9. The Morgan fingerprint density at radius 2 is 1.56 bits per heavy atom. The lowest BCUT2D eigenvalue weighted by Gasteiger charge is -2.29. The van der Waals surface area contributed by atoms with E-state index in [1.807, 2.05) is 42.3 Å². The molecular weight excluding hydrogens is 425 g/mol. The van der Waals surface area contributed by atoms with Crippen LogP contribution in [0, 0.1) is 5.82 Å². The second kappa shape index (κ2) is 11.8. The molecule has 5 heteroatoms. The zero-order valence-electron chi connectivity index (χ0n) is 19.9. The summed E-state index contributed by atoms with van der Waals surface area (Å²) in [7, 11) is 1.93. The van der Waals surface area contributed by atoms with E-state index in [1.54, 1.807) is 12.1 Å². The van der Waals surface area contributed by atoms with Crippen molar-refractivity contribution in [3.63, 3.8) is 0 Å². The van der Waals surface area contributed by atoms with Crippen molar-refractivity contribution in [3.05, 3.63) is 101 Å². The van der Waals surface area contributed by atoms with Gasteiger partial charge in [-0.15, -0.1) is 0 Å². The SMILES string of the molecule is CN(CC(=O)NCCc1ccc(N2CCCCC2)cc1)C(c1ccccc1)c1ccc(F)cc1. The van der Waals surface area contributed by atoms with Crippen LogP contribution in [0.15, 0.2) is 78.9 Å². The summed E-state index contributed by atoms with van der Waals surface area (Å²) >= 11 is 0. The smallest absolute Gasteiger partial charge is 0.234 e. The average Bonchev–Trinajstić information content (AvgIpc) is 2.87. The maximum atomic E-state index is 13.5. The van der Waals surface area contributed by atoms with E-state index in [2.05, 4.69) is 34.5 Å². The molecule has 1 atom stereocenters. The minimum Gasteiger partial charge on any atom is -0.372 e. The Morgan fingerprint density at radius 3 is 2.24 bits per heavy atom. The van der Waals surface area contributed by atoms with Crippen LogP contribution in [0.3, 0.4) is 0 Å². The van der Waals surface area contributed by atoms with Gasteiger partial charge in [0, 0.05) is 25.3 Å². The summed E-state index contributed by atoms with van der Waals surface area (Å²) in [6, 6.07) is 25.1. The summed E-state index contributed by atoms with van der Waals surface area (Å²) < 4.78 is 13.5. The highest BCUT2D eigenvalue weighted by molar-refractivity contribution is 5.78. The number of anilines is 1. The van der Waals surface area contributed by atoms with Crippen LogP contribution < -0.4 is 10.2 Å². The first-order valence-corrected chi connectivity index (χ1v) is 12.2. The van der Waals surface area contributed by atoms with E-state index in [4.69, 9.17) is 0 Å². The number of halogens is 1. The van der Waals surface area contributed by atoms with Gasteiger partial charge in [-0.1, -0.05) is 54.6 Å². The molecular formula is C29H34FN3O. The lowest BCUT2D eigenvalue weighted by molar-refractivity contribution is -0.122. The van der Waals surface area contributed by atoms with Crippen LogP contribution in [0.4, 0.5) is 10.1 Å². The molecule has 0 aromatic heterocycles. The van der Waals surface area contributed by atoms with E-state index in [1.165, 1.54) is 42.6 Å². The summed E-state index contributed by atoms with van der Waals surface area (Å²) in [6.45, 7) is 3.14. The Hall–Kier alpha value is -3.18. The number of hydrogen-bond donors (Lipinski definition) is 1. The molecule has 34 heavy (non-hydrogen) atoms. The van der Waals surface area contributed by atoms with Crippen molar-refractivity contribution < 1.29 is 9.18 Å². The minimum atomic E-state index is -0.264.